The van der Waals surface area contributed by atoms with Crippen LogP contribution in [0.1, 0.15) is 25.8 Å². The minimum Gasteiger partial charge on any atom is -0.491 e. The van der Waals surface area contributed by atoms with Crippen LogP contribution >= 0.6 is 12.4 Å². The largest absolute Gasteiger partial charge is 0.491 e. The molecule has 3 nitrogen and oxygen atoms in total. The second-order valence-electron chi connectivity index (χ2n) is 4.58. The van der Waals surface area contributed by atoms with Crippen molar-refractivity contribution in [2.24, 2.45) is 5.92 Å². The smallest absolute Gasteiger partial charge is 0.119 e. The van der Waals surface area contributed by atoms with Crippen LogP contribution in [-0.4, -0.2) is 24.9 Å². The van der Waals surface area contributed by atoms with Crippen LogP contribution in [-0.2, 0) is 6.54 Å². The summed E-state index contributed by atoms with van der Waals surface area (Å²) >= 11 is 0. The lowest BCUT2D eigenvalue weighted by atomic mass is 10.1. The van der Waals surface area contributed by atoms with Gasteiger partial charge < -0.3 is 15.2 Å². The number of hydrogen-bond donors (Lipinski definition) is 2. The van der Waals surface area contributed by atoms with Gasteiger partial charge in [-0.2, -0.15) is 0 Å². The summed E-state index contributed by atoms with van der Waals surface area (Å²) in [7, 11) is 0. The maximum Gasteiger partial charge on any atom is 0.119 e. The zero-order valence-electron chi connectivity index (χ0n) is 11.2. The van der Waals surface area contributed by atoms with E-state index in [1.807, 2.05) is 12.1 Å². The van der Waals surface area contributed by atoms with Gasteiger partial charge in [-0.15, -0.1) is 12.4 Å². The van der Waals surface area contributed by atoms with E-state index < -0.39 is 0 Å². The van der Waals surface area contributed by atoms with Crippen molar-refractivity contribution >= 4 is 12.4 Å². The summed E-state index contributed by atoms with van der Waals surface area (Å²) in [6, 6.07) is 7.98. The fourth-order valence-electron chi connectivity index (χ4n) is 1.49. The van der Waals surface area contributed by atoms with Gasteiger partial charge in [-0.1, -0.05) is 26.0 Å². The van der Waals surface area contributed by atoms with Gasteiger partial charge in [-0.05, 0) is 36.6 Å². The molecular formula is C14H24ClNO2. The Hall–Kier alpha value is -0.770. The Balaban J connectivity index is 0.00000289. The van der Waals surface area contributed by atoms with E-state index in [1.54, 1.807) is 0 Å². The molecule has 0 saturated heterocycles. The normalized spacial score (nSPS) is 10.2. The number of rotatable bonds is 8. The molecule has 1 rings (SSSR count). The van der Waals surface area contributed by atoms with Crippen LogP contribution in [0.4, 0.5) is 0 Å². The Kier molecular flexibility index (Phi) is 9.74. The van der Waals surface area contributed by atoms with Gasteiger partial charge in [0.05, 0.1) is 6.61 Å². The summed E-state index contributed by atoms with van der Waals surface area (Å²) < 4.78 is 5.30. The van der Waals surface area contributed by atoms with Gasteiger partial charge in [-0.25, -0.2) is 0 Å². The number of aliphatic hydroxyl groups is 1. The summed E-state index contributed by atoms with van der Waals surface area (Å²) in [5, 5.41) is 12.1. The van der Waals surface area contributed by atoms with Gasteiger partial charge >= 0.3 is 0 Å². The van der Waals surface area contributed by atoms with E-state index in [-0.39, 0.29) is 19.0 Å². The molecule has 2 N–H and O–H groups in total. The maximum absolute atomic E-state index is 8.64. The highest BCUT2D eigenvalue weighted by atomic mass is 35.5. The minimum atomic E-state index is 0. The molecule has 0 aliphatic carbocycles. The van der Waals surface area contributed by atoms with E-state index in [0.717, 1.165) is 24.8 Å². The topological polar surface area (TPSA) is 41.5 Å². The van der Waals surface area contributed by atoms with Gasteiger partial charge in [0.15, 0.2) is 0 Å². The van der Waals surface area contributed by atoms with Crippen LogP contribution in [0.2, 0.25) is 0 Å². The highest BCUT2D eigenvalue weighted by molar-refractivity contribution is 5.85. The quantitative estimate of drug-likeness (QED) is 0.716. The van der Waals surface area contributed by atoms with Crippen molar-refractivity contribution in [3.63, 3.8) is 0 Å². The van der Waals surface area contributed by atoms with Crippen LogP contribution in [0.15, 0.2) is 24.3 Å². The van der Waals surface area contributed by atoms with E-state index in [2.05, 4.69) is 31.3 Å². The van der Waals surface area contributed by atoms with Crippen molar-refractivity contribution in [2.75, 3.05) is 19.8 Å². The molecule has 0 fully saturated rings. The molecule has 0 unspecified atom stereocenters. The summed E-state index contributed by atoms with van der Waals surface area (Å²) in [6.45, 7) is 6.82. The Morgan fingerprint density at radius 2 is 1.89 bits per heavy atom. The van der Waals surface area contributed by atoms with Crippen molar-refractivity contribution in [3.05, 3.63) is 29.8 Å². The molecular weight excluding hydrogens is 250 g/mol. The third-order valence-electron chi connectivity index (χ3n) is 2.51. The van der Waals surface area contributed by atoms with Gasteiger partial charge in [-0.3, -0.25) is 0 Å². The van der Waals surface area contributed by atoms with E-state index in [1.165, 1.54) is 12.0 Å². The second-order valence-corrected chi connectivity index (χ2v) is 4.58. The highest BCUT2D eigenvalue weighted by Crippen LogP contribution is 2.11. The number of nitrogens with one attached hydrogen (secondary N) is 1. The van der Waals surface area contributed by atoms with Gasteiger partial charge in [0.2, 0.25) is 0 Å². The molecule has 1 aromatic rings. The summed E-state index contributed by atoms with van der Waals surface area (Å²) in [5.41, 5.74) is 1.25. The molecule has 0 amide bonds. The highest BCUT2D eigenvalue weighted by Gasteiger charge is 1.96. The monoisotopic (exact) mass is 273 g/mol. The van der Waals surface area contributed by atoms with Crippen LogP contribution in [0.25, 0.3) is 0 Å². The third kappa shape index (κ3) is 7.54. The average molecular weight is 274 g/mol. The Labute approximate surface area is 116 Å². The van der Waals surface area contributed by atoms with Crippen LogP contribution in [0, 0.1) is 5.92 Å². The van der Waals surface area contributed by atoms with E-state index in [0.29, 0.717) is 6.61 Å². The molecule has 0 bridgehead atoms. The molecule has 0 radical (unpaired) electrons. The number of hydrogen-bond acceptors (Lipinski definition) is 3. The molecule has 0 spiro atoms. The number of benzene rings is 1. The first-order valence-corrected chi connectivity index (χ1v) is 6.25. The van der Waals surface area contributed by atoms with Crippen LogP contribution < -0.4 is 10.1 Å². The lowest BCUT2D eigenvalue weighted by molar-refractivity contribution is 0.201. The maximum atomic E-state index is 8.64. The lowest BCUT2D eigenvalue weighted by Gasteiger charge is -2.08. The molecule has 0 saturated carbocycles. The van der Waals surface area contributed by atoms with Crippen molar-refractivity contribution in [1.29, 1.82) is 0 Å². The minimum absolute atomic E-state index is 0. The van der Waals surface area contributed by atoms with Crippen molar-refractivity contribution in [3.8, 4) is 5.75 Å². The third-order valence-corrected chi connectivity index (χ3v) is 2.51. The Morgan fingerprint density at radius 3 is 2.44 bits per heavy atom. The molecule has 0 aliphatic heterocycles. The first kappa shape index (κ1) is 17.2. The Morgan fingerprint density at radius 1 is 1.22 bits per heavy atom. The Bertz CT molecular complexity index is 301. The summed E-state index contributed by atoms with van der Waals surface area (Å²) in [6.07, 6.45) is 1.21. The van der Waals surface area contributed by atoms with E-state index >= 15 is 0 Å². The number of aliphatic hydroxyl groups excluding tert-OH is 1. The van der Waals surface area contributed by atoms with Crippen molar-refractivity contribution in [2.45, 2.75) is 26.8 Å². The van der Waals surface area contributed by atoms with Gasteiger partial charge in [0.1, 0.15) is 12.4 Å². The van der Waals surface area contributed by atoms with Crippen molar-refractivity contribution in [1.82, 2.24) is 5.32 Å². The molecule has 4 heteroatoms. The van der Waals surface area contributed by atoms with E-state index in [4.69, 9.17) is 9.84 Å². The fourth-order valence-corrected chi connectivity index (χ4v) is 1.49. The van der Waals surface area contributed by atoms with Crippen molar-refractivity contribution < 1.29 is 9.84 Å². The van der Waals surface area contributed by atoms with E-state index in [9.17, 15) is 0 Å². The standard InChI is InChI=1S/C14H23NO2.ClH/c1-12(2)7-8-15-11-13-3-5-14(6-4-13)17-10-9-16;/h3-6,12,15-16H,7-11H2,1-2H3;1H. The van der Waals surface area contributed by atoms with Crippen LogP contribution in [0.5, 0.6) is 5.75 Å². The zero-order chi connectivity index (χ0) is 12.5. The zero-order valence-corrected chi connectivity index (χ0v) is 12.0. The molecule has 0 heterocycles. The molecule has 0 aliphatic rings. The lowest BCUT2D eigenvalue weighted by Crippen LogP contribution is -2.16. The first-order valence-electron chi connectivity index (χ1n) is 6.25. The predicted molar refractivity (Wildman–Crippen MR) is 77.4 cm³/mol. The average Bonchev–Trinajstić information content (AvgIpc) is 2.33. The summed E-state index contributed by atoms with van der Waals surface area (Å²) in [4.78, 5) is 0. The first-order chi connectivity index (χ1) is 8.22. The van der Waals surface area contributed by atoms with Gasteiger partial charge in [0.25, 0.3) is 0 Å². The SMILES string of the molecule is CC(C)CCNCc1ccc(OCCO)cc1.Cl. The number of halogens is 1. The predicted octanol–water partition coefficient (Wildman–Crippen LogP) is 2.62. The second kappa shape index (κ2) is 10.2. The van der Waals surface area contributed by atoms with Crippen LogP contribution in [0.3, 0.4) is 0 Å². The van der Waals surface area contributed by atoms with Gasteiger partial charge in [0, 0.05) is 6.54 Å². The molecule has 0 aromatic heterocycles. The number of ether oxygens (including phenoxy) is 1. The molecule has 0 atom stereocenters. The fraction of sp³-hybridized carbons (Fsp3) is 0.571. The molecule has 1 aromatic carbocycles. The molecule has 18 heavy (non-hydrogen) atoms. The summed E-state index contributed by atoms with van der Waals surface area (Å²) in [5.74, 6) is 1.56. The molecule has 104 valence electrons.